The minimum absolute atomic E-state index is 0.0340. The van der Waals surface area contributed by atoms with E-state index in [0.29, 0.717) is 6.07 Å². The van der Waals surface area contributed by atoms with Gasteiger partial charge in [-0.2, -0.15) is 18.4 Å². The number of hydrogen-bond donors (Lipinski definition) is 0. The topological polar surface area (TPSA) is 68.5 Å². The van der Waals surface area contributed by atoms with Crippen LogP contribution in [0, 0.1) is 11.3 Å². The predicted octanol–water partition coefficient (Wildman–Crippen LogP) is 9.87. The first-order chi connectivity index (χ1) is 20.4. The van der Waals surface area contributed by atoms with Gasteiger partial charge in [-0.25, -0.2) is 0 Å². The van der Waals surface area contributed by atoms with E-state index in [4.69, 9.17) is 72.2 Å². The first-order valence-corrected chi connectivity index (χ1v) is 14.0. The van der Waals surface area contributed by atoms with Gasteiger partial charge in [0.1, 0.15) is 29.9 Å². The lowest BCUT2D eigenvalue weighted by atomic mass is 9.87. The number of carbonyl (C=O) groups excluding carboxylic acids is 1. The maximum absolute atomic E-state index is 14.4. The fourth-order valence-corrected chi connectivity index (χ4v) is 5.02. The fourth-order valence-electron chi connectivity index (χ4n) is 3.89. The van der Waals surface area contributed by atoms with Gasteiger partial charge >= 0.3 is 6.18 Å². The van der Waals surface area contributed by atoms with Gasteiger partial charge in [0.15, 0.2) is 6.10 Å². The molecule has 0 aliphatic heterocycles. The summed E-state index contributed by atoms with van der Waals surface area (Å²) >= 11 is 31.2. The summed E-state index contributed by atoms with van der Waals surface area (Å²) in [7, 11) is 0. The highest BCUT2D eigenvalue weighted by Crippen LogP contribution is 2.40. The minimum atomic E-state index is -4.64. The van der Waals surface area contributed by atoms with Gasteiger partial charge in [0.2, 0.25) is 5.78 Å². The van der Waals surface area contributed by atoms with E-state index in [2.05, 4.69) is 0 Å². The number of ether oxygens (including phenoxy) is 3. The first-order valence-electron chi connectivity index (χ1n) is 12.1. The number of halogens is 8. The highest BCUT2D eigenvalue weighted by atomic mass is 35.5. The summed E-state index contributed by atoms with van der Waals surface area (Å²) in [6.45, 7) is -0.643. The average Bonchev–Trinajstić information content (AvgIpc) is 2.96. The lowest BCUT2D eigenvalue weighted by Gasteiger charge is -2.31. The lowest BCUT2D eigenvalue weighted by molar-refractivity contribution is -0.139. The fraction of sp³-hybridized carbons (Fsp3) is 0.133. The molecule has 222 valence electrons. The van der Waals surface area contributed by atoms with Crippen molar-refractivity contribution in [3.63, 3.8) is 0 Å². The third kappa shape index (κ3) is 7.43. The molecule has 0 radical (unpaired) electrons. The Kier molecular flexibility index (Phi) is 10.3. The van der Waals surface area contributed by atoms with E-state index < -0.39 is 35.8 Å². The zero-order valence-electron chi connectivity index (χ0n) is 21.5. The van der Waals surface area contributed by atoms with E-state index in [1.165, 1.54) is 42.5 Å². The predicted molar refractivity (Wildman–Crippen MR) is 159 cm³/mol. The van der Waals surface area contributed by atoms with Crippen molar-refractivity contribution >= 4 is 63.8 Å². The van der Waals surface area contributed by atoms with Gasteiger partial charge in [0.05, 0.1) is 25.7 Å². The monoisotopic (exact) mass is 687 g/mol. The van der Waals surface area contributed by atoms with Gasteiger partial charge < -0.3 is 14.2 Å². The summed E-state index contributed by atoms with van der Waals surface area (Å²) in [5, 5.41) is 10.5. The van der Waals surface area contributed by atoms with Gasteiger partial charge in [-0.05, 0) is 54.6 Å². The van der Waals surface area contributed by atoms with Crippen molar-refractivity contribution in [1.82, 2.24) is 0 Å². The quantitative estimate of drug-likeness (QED) is 0.166. The van der Waals surface area contributed by atoms with Crippen molar-refractivity contribution in [2.45, 2.75) is 17.9 Å². The van der Waals surface area contributed by atoms with Crippen molar-refractivity contribution in [3.05, 3.63) is 121 Å². The Morgan fingerprint density at radius 2 is 1.40 bits per heavy atom. The van der Waals surface area contributed by atoms with Crippen LogP contribution in [0.3, 0.4) is 0 Å². The lowest BCUT2D eigenvalue weighted by Crippen LogP contribution is -2.50. The molecule has 0 aliphatic carbocycles. The number of nitriles is 1. The van der Waals surface area contributed by atoms with E-state index in [1.807, 2.05) is 6.07 Å². The summed E-state index contributed by atoms with van der Waals surface area (Å²) in [5.41, 5.74) is -3.59. The molecule has 0 amide bonds. The average molecular weight is 690 g/mol. The highest BCUT2D eigenvalue weighted by Gasteiger charge is 2.50. The number of para-hydroxylation sites is 2. The summed E-state index contributed by atoms with van der Waals surface area (Å²) < 4.78 is 57.1. The van der Waals surface area contributed by atoms with Crippen LogP contribution in [0.5, 0.6) is 17.2 Å². The summed E-state index contributed by atoms with van der Waals surface area (Å²) in [6.07, 6.45) is -6.30. The molecule has 0 aliphatic rings. The van der Waals surface area contributed by atoms with E-state index in [0.717, 1.165) is 12.1 Å². The molecule has 0 fully saturated rings. The molecule has 13 heteroatoms. The van der Waals surface area contributed by atoms with Crippen LogP contribution in [0.4, 0.5) is 13.2 Å². The van der Waals surface area contributed by atoms with Gasteiger partial charge in [-0.15, -0.1) is 0 Å². The highest BCUT2D eigenvalue weighted by molar-refractivity contribution is 6.35. The Morgan fingerprint density at radius 3 is 1.95 bits per heavy atom. The van der Waals surface area contributed by atoms with Crippen molar-refractivity contribution in [2.75, 3.05) is 6.61 Å². The maximum atomic E-state index is 14.4. The number of nitrogens with zero attached hydrogens (tertiary/aromatic N) is 1. The molecule has 4 aromatic rings. The number of benzene rings is 4. The molecule has 0 saturated carbocycles. The van der Waals surface area contributed by atoms with Gasteiger partial charge in [-0.3, -0.25) is 4.79 Å². The van der Waals surface area contributed by atoms with Crippen molar-refractivity contribution in [3.8, 4) is 23.3 Å². The zero-order valence-corrected chi connectivity index (χ0v) is 25.3. The van der Waals surface area contributed by atoms with Crippen molar-refractivity contribution in [2.24, 2.45) is 0 Å². The maximum Gasteiger partial charge on any atom is 0.416 e. The van der Waals surface area contributed by atoms with Crippen LogP contribution < -0.4 is 14.2 Å². The molecular weight excluding hydrogens is 673 g/mol. The second-order valence-corrected chi connectivity index (χ2v) is 10.9. The largest absolute Gasteiger partial charge is 0.488 e. The van der Waals surface area contributed by atoms with Gasteiger partial charge in [-0.1, -0.05) is 88.3 Å². The van der Waals surface area contributed by atoms with Gasteiger partial charge in [0, 0.05) is 10.6 Å². The van der Waals surface area contributed by atoms with E-state index in [1.54, 1.807) is 24.3 Å². The van der Waals surface area contributed by atoms with Crippen molar-refractivity contribution in [1.29, 1.82) is 5.26 Å². The van der Waals surface area contributed by atoms with Crippen LogP contribution in [0.25, 0.3) is 0 Å². The SMILES string of the molecule is N#CC(Oc1ccccc1Cl)(C(=O)C(COc1ccc(C(F)(F)F)cc1Cl)Oc1ccccc1Cl)c1ccc(Cl)cc1Cl. The number of alkyl halides is 3. The zero-order chi connectivity index (χ0) is 31.4. The number of hydrogen-bond acceptors (Lipinski definition) is 5. The van der Waals surface area contributed by atoms with E-state index in [-0.39, 0.29) is 47.9 Å². The third-order valence-electron chi connectivity index (χ3n) is 5.96. The van der Waals surface area contributed by atoms with Crippen LogP contribution in [0.1, 0.15) is 11.1 Å². The molecule has 0 aromatic heterocycles. The Hall–Kier alpha value is -3.32. The van der Waals surface area contributed by atoms with Crippen LogP contribution in [-0.2, 0) is 16.6 Å². The van der Waals surface area contributed by atoms with E-state index >= 15 is 0 Å². The minimum Gasteiger partial charge on any atom is -0.488 e. The molecule has 0 N–H and O–H groups in total. The Morgan fingerprint density at radius 1 is 0.767 bits per heavy atom. The summed E-state index contributed by atoms with van der Waals surface area (Å²) in [6, 6.07) is 20.7. The molecule has 2 unspecified atom stereocenters. The second-order valence-electron chi connectivity index (χ2n) is 8.80. The molecule has 2 atom stereocenters. The number of rotatable bonds is 10. The van der Waals surface area contributed by atoms with Crippen molar-refractivity contribution < 1.29 is 32.2 Å². The van der Waals surface area contributed by atoms with Crippen LogP contribution >= 0.6 is 58.0 Å². The smallest absolute Gasteiger partial charge is 0.416 e. The molecule has 0 bridgehead atoms. The van der Waals surface area contributed by atoms with Gasteiger partial charge in [0.25, 0.3) is 5.60 Å². The third-order valence-corrected chi connectivity index (χ3v) is 7.43. The Labute approximate surface area is 269 Å². The number of carbonyl (C=O) groups is 1. The van der Waals surface area contributed by atoms with Crippen LogP contribution in [-0.4, -0.2) is 18.5 Å². The molecule has 43 heavy (non-hydrogen) atoms. The standard InChI is InChI=1S/C30H17Cl5F3NO4/c31-18-10-11-19(22(34)14-18)29(16-39,43-26-8-4-2-6-21(26)33)28(40)27(42-25-7-3-1-5-20(25)32)15-41-24-12-9-17(13-23(24)35)30(36,37)38/h1-14,27H,15H2. The molecule has 0 spiro atoms. The summed E-state index contributed by atoms with van der Waals surface area (Å²) in [4.78, 5) is 14.4. The second kappa shape index (κ2) is 13.5. The molecule has 0 heterocycles. The molecular formula is C30H17Cl5F3NO4. The Bertz CT molecular complexity index is 1700. The van der Waals surface area contributed by atoms with E-state index in [9.17, 15) is 23.2 Å². The molecule has 4 rings (SSSR count). The summed E-state index contributed by atoms with van der Waals surface area (Å²) in [5.74, 6) is -1.19. The molecule has 0 saturated heterocycles. The first kappa shape index (κ1) is 32.6. The normalized spacial score (nSPS) is 13.4. The van der Waals surface area contributed by atoms with Crippen LogP contribution in [0.15, 0.2) is 84.9 Å². The number of Topliss-reactive ketones (excluding diaryl/α,β-unsaturated/α-hetero) is 1. The van der Waals surface area contributed by atoms with Crippen LogP contribution in [0.2, 0.25) is 25.1 Å². The number of ketones is 1. The molecule has 4 aromatic carbocycles. The molecule has 5 nitrogen and oxygen atoms in total. The Balaban J connectivity index is 1.81.